The average molecular weight is 492 g/mol. The third-order valence-electron chi connectivity index (χ3n) is 6.10. The van der Waals surface area contributed by atoms with Gasteiger partial charge in [0.2, 0.25) is 0 Å². The lowest BCUT2D eigenvalue weighted by atomic mass is 9.76. The minimum Gasteiger partial charge on any atom is -0.341 e. The summed E-state index contributed by atoms with van der Waals surface area (Å²) in [6.45, 7) is 0. The standard InChI is InChI=1S/C17H16F2N2Si.C13H11B/c18-15-5-1-13(2-6-15)17(14-3-7-16(19)8-4-14)22-12-21-10-9-20-11-21;14-13(11-7-3-1-4-8-11)12-9-5-2-6-10-12/h1-11,17H,12,22H2;1-10,13H. The molecule has 0 bridgehead atoms. The van der Waals surface area contributed by atoms with Crippen molar-refractivity contribution in [3.05, 3.63) is 162 Å². The second-order valence-electron chi connectivity index (χ2n) is 8.54. The molecular formula is C30H27BF2N2Si. The van der Waals surface area contributed by atoms with Gasteiger partial charge in [0.25, 0.3) is 0 Å². The van der Waals surface area contributed by atoms with Crippen LogP contribution in [0, 0.1) is 11.6 Å². The number of hydrogen-bond donors (Lipinski definition) is 0. The molecule has 5 aromatic rings. The van der Waals surface area contributed by atoms with E-state index < -0.39 is 9.52 Å². The Labute approximate surface area is 214 Å². The second-order valence-corrected chi connectivity index (χ2v) is 10.4. The molecule has 5 rings (SSSR count). The molecule has 36 heavy (non-hydrogen) atoms. The maximum absolute atomic E-state index is 13.2. The molecule has 0 spiro atoms. The highest BCUT2D eigenvalue weighted by atomic mass is 28.2. The maximum atomic E-state index is 13.2. The Morgan fingerprint density at radius 1 is 0.667 bits per heavy atom. The lowest BCUT2D eigenvalue weighted by molar-refractivity contribution is 0.626. The molecule has 2 nitrogen and oxygen atoms in total. The zero-order valence-corrected chi connectivity index (χ0v) is 21.3. The van der Waals surface area contributed by atoms with Gasteiger partial charge in [-0.2, -0.15) is 0 Å². The van der Waals surface area contributed by atoms with Gasteiger partial charge in [-0.1, -0.05) is 84.9 Å². The van der Waals surface area contributed by atoms with Crippen LogP contribution in [0.25, 0.3) is 0 Å². The Bertz CT molecular complexity index is 1210. The van der Waals surface area contributed by atoms with Gasteiger partial charge in [0.1, 0.15) is 11.6 Å². The van der Waals surface area contributed by atoms with E-state index in [1.807, 2.05) is 66.9 Å². The summed E-state index contributed by atoms with van der Waals surface area (Å²) in [6.07, 6.45) is 6.44. The Balaban J connectivity index is 0.000000187. The molecule has 4 aromatic carbocycles. The zero-order chi connectivity index (χ0) is 25.2. The van der Waals surface area contributed by atoms with Crippen molar-refractivity contribution in [3.8, 4) is 0 Å². The van der Waals surface area contributed by atoms with E-state index in [1.54, 1.807) is 12.5 Å². The molecular weight excluding hydrogens is 465 g/mol. The van der Waals surface area contributed by atoms with Gasteiger partial charge in [-0.05, 0) is 57.9 Å². The first-order valence-corrected chi connectivity index (χ1v) is 13.7. The van der Waals surface area contributed by atoms with E-state index in [0.717, 1.165) is 28.4 Å². The van der Waals surface area contributed by atoms with Crippen LogP contribution in [-0.2, 0) is 6.17 Å². The summed E-state index contributed by atoms with van der Waals surface area (Å²) in [7, 11) is 5.53. The third kappa shape index (κ3) is 7.12. The van der Waals surface area contributed by atoms with E-state index in [-0.39, 0.29) is 23.0 Å². The Kier molecular flexibility index (Phi) is 9.00. The van der Waals surface area contributed by atoms with Crippen LogP contribution in [-0.4, -0.2) is 26.9 Å². The topological polar surface area (TPSA) is 17.8 Å². The molecule has 178 valence electrons. The van der Waals surface area contributed by atoms with Gasteiger partial charge >= 0.3 is 0 Å². The smallest absolute Gasteiger partial charge is 0.123 e. The molecule has 0 atom stereocenters. The van der Waals surface area contributed by atoms with Gasteiger partial charge in [-0.15, -0.1) is 0 Å². The monoisotopic (exact) mass is 492 g/mol. The molecule has 1 heterocycles. The Morgan fingerprint density at radius 3 is 1.56 bits per heavy atom. The SMILES string of the molecule is Fc1ccc(C([SiH2]Cn2ccnc2)c2ccc(F)cc2)cc1.[B]C(c1ccccc1)c1ccccc1. The summed E-state index contributed by atoms with van der Waals surface area (Å²) < 4.78 is 28.4. The summed E-state index contributed by atoms with van der Waals surface area (Å²) >= 11 is 0. The summed E-state index contributed by atoms with van der Waals surface area (Å²) in [5, 5.41) is 0. The summed E-state index contributed by atoms with van der Waals surface area (Å²) in [5.74, 6) is -0.492. The van der Waals surface area contributed by atoms with Gasteiger partial charge in [-0.25, -0.2) is 13.8 Å². The zero-order valence-electron chi connectivity index (χ0n) is 19.9. The minimum atomic E-state index is -0.587. The molecule has 0 fully saturated rings. The number of nitrogens with zero attached hydrogens (tertiary/aromatic N) is 2. The van der Waals surface area contributed by atoms with Crippen molar-refractivity contribution in [3.63, 3.8) is 0 Å². The van der Waals surface area contributed by atoms with Gasteiger partial charge in [0.15, 0.2) is 0 Å². The highest BCUT2D eigenvalue weighted by Crippen LogP contribution is 2.25. The van der Waals surface area contributed by atoms with Crippen molar-refractivity contribution < 1.29 is 8.78 Å². The first-order valence-electron chi connectivity index (χ1n) is 11.9. The largest absolute Gasteiger partial charge is 0.341 e. The summed E-state index contributed by atoms with van der Waals surface area (Å²) in [6, 6.07) is 33.5. The molecule has 0 aliphatic rings. The van der Waals surface area contributed by atoms with Crippen LogP contribution in [0.4, 0.5) is 8.78 Å². The summed E-state index contributed by atoms with van der Waals surface area (Å²) in [5.41, 5.74) is 4.69. The fourth-order valence-corrected chi connectivity index (χ4v) is 6.16. The molecule has 2 radical (unpaired) electrons. The fourth-order valence-electron chi connectivity index (χ4n) is 4.13. The molecule has 0 amide bonds. The van der Waals surface area contributed by atoms with Crippen LogP contribution in [0.1, 0.15) is 33.6 Å². The Hall–Kier alpha value is -3.77. The highest BCUT2D eigenvalue weighted by molar-refractivity contribution is 6.37. The third-order valence-corrected chi connectivity index (χ3v) is 8.39. The van der Waals surface area contributed by atoms with Gasteiger partial charge in [0, 0.05) is 18.6 Å². The van der Waals surface area contributed by atoms with Crippen LogP contribution in [0.15, 0.2) is 128 Å². The first-order chi connectivity index (χ1) is 17.6. The molecule has 0 N–H and O–H groups in total. The van der Waals surface area contributed by atoms with Crippen LogP contribution >= 0.6 is 0 Å². The molecule has 6 heteroatoms. The van der Waals surface area contributed by atoms with Crippen molar-refractivity contribution >= 4 is 17.4 Å². The number of aromatic nitrogens is 2. The van der Waals surface area contributed by atoms with Crippen LogP contribution in [0.3, 0.4) is 0 Å². The van der Waals surface area contributed by atoms with E-state index in [9.17, 15) is 8.78 Å². The lowest BCUT2D eigenvalue weighted by Crippen LogP contribution is -2.16. The fraction of sp³-hybridized carbons (Fsp3) is 0.100. The molecule has 0 unspecified atom stereocenters. The van der Waals surface area contributed by atoms with E-state index in [2.05, 4.69) is 33.8 Å². The van der Waals surface area contributed by atoms with Gasteiger partial charge < -0.3 is 4.57 Å². The molecule has 0 saturated carbocycles. The van der Waals surface area contributed by atoms with Crippen molar-refractivity contribution in [1.29, 1.82) is 0 Å². The number of halogens is 2. The molecule has 0 saturated heterocycles. The van der Waals surface area contributed by atoms with Crippen LogP contribution in [0.2, 0.25) is 0 Å². The van der Waals surface area contributed by atoms with Gasteiger partial charge in [-0.3, -0.25) is 0 Å². The molecule has 1 aromatic heterocycles. The van der Waals surface area contributed by atoms with E-state index in [4.69, 9.17) is 7.85 Å². The minimum absolute atomic E-state index is 0.0163. The quantitative estimate of drug-likeness (QED) is 0.254. The molecule has 0 aliphatic heterocycles. The maximum Gasteiger partial charge on any atom is 0.123 e. The van der Waals surface area contributed by atoms with E-state index in [1.165, 1.54) is 24.3 Å². The summed E-state index contributed by atoms with van der Waals surface area (Å²) in [4.78, 5) is 4.05. The predicted molar refractivity (Wildman–Crippen MR) is 146 cm³/mol. The average Bonchev–Trinajstić information content (AvgIpc) is 3.45. The number of hydrogen-bond acceptors (Lipinski definition) is 1. The molecule has 0 aliphatic carbocycles. The van der Waals surface area contributed by atoms with E-state index in [0.29, 0.717) is 0 Å². The lowest BCUT2D eigenvalue weighted by Gasteiger charge is -2.18. The second kappa shape index (κ2) is 12.8. The Morgan fingerprint density at radius 2 is 1.14 bits per heavy atom. The normalized spacial score (nSPS) is 11.1. The highest BCUT2D eigenvalue weighted by Gasteiger charge is 2.15. The number of rotatable bonds is 7. The van der Waals surface area contributed by atoms with Crippen molar-refractivity contribution in [2.75, 3.05) is 0 Å². The van der Waals surface area contributed by atoms with Gasteiger partial charge in [0.05, 0.1) is 23.7 Å². The predicted octanol–water partition coefficient (Wildman–Crippen LogP) is 6.02. The van der Waals surface area contributed by atoms with Crippen LogP contribution < -0.4 is 0 Å². The van der Waals surface area contributed by atoms with Crippen molar-refractivity contribution in [1.82, 2.24) is 9.55 Å². The van der Waals surface area contributed by atoms with Crippen LogP contribution in [0.5, 0.6) is 0 Å². The number of benzene rings is 4. The first kappa shape index (κ1) is 25.3. The van der Waals surface area contributed by atoms with E-state index >= 15 is 0 Å². The van der Waals surface area contributed by atoms with Crippen molar-refractivity contribution in [2.45, 2.75) is 17.5 Å². The number of imidazole rings is 1. The van der Waals surface area contributed by atoms with Crippen molar-refractivity contribution in [2.24, 2.45) is 0 Å².